The third-order valence-corrected chi connectivity index (χ3v) is 13.9. The van der Waals surface area contributed by atoms with Gasteiger partial charge in [-0.15, -0.1) is 0 Å². The average Bonchev–Trinajstić information content (AvgIpc) is 3.35. The highest BCUT2D eigenvalue weighted by Crippen LogP contribution is 2.38. The van der Waals surface area contributed by atoms with E-state index in [0.29, 0.717) is 24.1 Å². The van der Waals surface area contributed by atoms with Crippen LogP contribution in [0.2, 0.25) is 0 Å². The number of allylic oxidation sites excluding steroid dienone is 14. The van der Waals surface area contributed by atoms with Crippen LogP contribution in [0, 0.1) is 0 Å². The van der Waals surface area contributed by atoms with E-state index in [1.54, 1.807) is 0 Å². The molecule has 0 bridgehead atoms. The number of ether oxygens (including phenoxy) is 2. The third-order valence-electron chi connectivity index (χ3n) is 13.0. The average molecular weight is 1040 g/mol. The number of hydrogen-bond donors (Lipinski definition) is 0. The van der Waals surface area contributed by atoms with Crippen LogP contribution in [-0.2, 0) is 27.9 Å². The van der Waals surface area contributed by atoms with E-state index in [-0.39, 0.29) is 32.2 Å². The Kier molecular flexibility index (Phi) is 54.1. The Bertz CT molecular complexity index is 1440. The second-order valence-corrected chi connectivity index (χ2v) is 22.7. The monoisotopic (exact) mass is 1040 g/mol. The summed E-state index contributed by atoms with van der Waals surface area (Å²) >= 11 is 0. The summed E-state index contributed by atoms with van der Waals surface area (Å²) in [5.74, 6) is -0.364. The molecule has 0 aromatic heterocycles. The van der Waals surface area contributed by atoms with Gasteiger partial charge >= 0.3 is 5.97 Å². The van der Waals surface area contributed by atoms with Crippen molar-refractivity contribution >= 4 is 13.8 Å². The normalized spacial score (nSPS) is 14.0. The molecule has 0 aliphatic heterocycles. The van der Waals surface area contributed by atoms with Crippen molar-refractivity contribution in [1.82, 2.24) is 0 Å². The molecular weight excluding hydrogens is 926 g/mol. The van der Waals surface area contributed by atoms with Gasteiger partial charge in [0.15, 0.2) is 0 Å². The highest BCUT2D eigenvalue weighted by molar-refractivity contribution is 7.45. The Labute approximate surface area is 452 Å². The minimum Gasteiger partial charge on any atom is -0.756 e. The topological polar surface area (TPSA) is 94.1 Å². The van der Waals surface area contributed by atoms with E-state index in [1.807, 2.05) is 21.1 Å². The molecule has 0 aliphatic rings. The molecule has 424 valence electrons. The predicted octanol–water partition coefficient (Wildman–Crippen LogP) is 18.9. The number of nitrogens with zero attached hydrogens (tertiary/aromatic N) is 1. The Morgan fingerprint density at radius 1 is 0.438 bits per heavy atom. The van der Waals surface area contributed by atoms with Gasteiger partial charge in [0.05, 0.1) is 34.4 Å². The number of quaternary nitrogens is 1. The summed E-state index contributed by atoms with van der Waals surface area (Å²) in [5.41, 5.74) is 0. The molecule has 0 rings (SSSR count). The Hall–Kier alpha value is -2.32. The third kappa shape index (κ3) is 60.4. The molecule has 0 saturated carbocycles. The molecule has 0 saturated heterocycles. The minimum absolute atomic E-state index is 0.0164. The van der Waals surface area contributed by atoms with Gasteiger partial charge in [-0.25, -0.2) is 0 Å². The molecule has 0 amide bonds. The molecule has 0 aliphatic carbocycles. The number of phosphoric acid groups is 1. The quantitative estimate of drug-likeness (QED) is 0.0197. The maximum atomic E-state index is 12.8. The number of unbranched alkanes of at least 4 members (excludes halogenated alkanes) is 28. The summed E-state index contributed by atoms with van der Waals surface area (Å²) in [6.45, 7) is 5.28. The van der Waals surface area contributed by atoms with Gasteiger partial charge < -0.3 is 27.9 Å². The van der Waals surface area contributed by atoms with Crippen molar-refractivity contribution < 1.29 is 37.3 Å². The van der Waals surface area contributed by atoms with Gasteiger partial charge in [0.2, 0.25) is 0 Å². The Balaban J connectivity index is 4.11. The summed E-state index contributed by atoms with van der Waals surface area (Å²) in [6, 6.07) is 0. The molecule has 0 heterocycles. The summed E-state index contributed by atoms with van der Waals surface area (Å²) in [5, 5.41) is 0. The number of rotatable bonds is 56. The fourth-order valence-corrected chi connectivity index (χ4v) is 9.08. The Morgan fingerprint density at radius 2 is 0.795 bits per heavy atom. The molecule has 2 atom stereocenters. The molecule has 0 aromatic carbocycles. The minimum atomic E-state index is -4.55. The molecule has 0 aromatic rings. The van der Waals surface area contributed by atoms with Gasteiger partial charge in [0, 0.05) is 13.0 Å². The maximum absolute atomic E-state index is 12.8. The number of carbonyl (C=O) groups is 1. The molecule has 2 unspecified atom stereocenters. The molecule has 0 fully saturated rings. The SMILES string of the molecule is CC/C=C\C/C=C\C/C=C\C/C=C\C/C=C\C/C=C\C/C=C\CCCCCC(=O)OC(COCCCCCCCCCCCCCCCCCCCCCCCCCCCC)COP(=O)([O-])OCC[N+](C)(C)C. The van der Waals surface area contributed by atoms with Crippen molar-refractivity contribution in [3.63, 3.8) is 0 Å². The largest absolute Gasteiger partial charge is 0.756 e. The predicted molar refractivity (Wildman–Crippen MR) is 314 cm³/mol. The second-order valence-electron chi connectivity index (χ2n) is 21.3. The van der Waals surface area contributed by atoms with Crippen molar-refractivity contribution in [2.75, 3.05) is 54.1 Å². The number of carbonyl (C=O) groups excluding carboxylic acids is 1. The van der Waals surface area contributed by atoms with E-state index in [0.717, 1.165) is 77.0 Å². The first-order valence-electron chi connectivity index (χ1n) is 30.3. The standard InChI is InChI=1S/C64H116NO7P/c1-6-8-10-12-14-16-18-20-22-24-26-28-30-32-34-36-38-40-42-44-46-48-50-52-54-56-59-69-61-63(62-71-73(67,68)70-60-58-65(3,4)5)72-64(66)57-55-53-51-49-47-45-43-41-39-37-35-33-31-29-27-25-23-21-19-17-15-13-11-9-7-2/h9,11,15,17,21,23,27,29,33,35,39,41,45,47,63H,6-8,10,12-14,16,18-20,22,24-26,28,30-32,34,36-38,40,42-44,46,48-62H2,1-5H3/b11-9-,17-15-,23-21-,29-27-,35-33-,41-39-,47-45-. The highest BCUT2D eigenvalue weighted by atomic mass is 31.2. The van der Waals surface area contributed by atoms with Gasteiger partial charge in [-0.3, -0.25) is 9.36 Å². The first-order chi connectivity index (χ1) is 35.6. The fraction of sp³-hybridized carbons (Fsp3) is 0.766. The lowest BCUT2D eigenvalue weighted by atomic mass is 10.0. The fourth-order valence-electron chi connectivity index (χ4n) is 8.35. The molecule has 73 heavy (non-hydrogen) atoms. The van der Waals surface area contributed by atoms with Crippen molar-refractivity contribution in [3.05, 3.63) is 85.1 Å². The van der Waals surface area contributed by atoms with Gasteiger partial charge in [0.1, 0.15) is 19.3 Å². The lowest BCUT2D eigenvalue weighted by Crippen LogP contribution is -2.37. The van der Waals surface area contributed by atoms with E-state index in [2.05, 4.69) is 98.9 Å². The second kappa shape index (κ2) is 55.9. The number of likely N-dealkylation sites (N-methyl/N-ethyl adjacent to an activating group) is 1. The Morgan fingerprint density at radius 3 is 1.18 bits per heavy atom. The first-order valence-corrected chi connectivity index (χ1v) is 31.8. The molecule has 0 N–H and O–H groups in total. The van der Waals surface area contributed by atoms with Crippen molar-refractivity contribution in [3.8, 4) is 0 Å². The van der Waals surface area contributed by atoms with Gasteiger partial charge in [0.25, 0.3) is 7.82 Å². The lowest BCUT2D eigenvalue weighted by Gasteiger charge is -2.28. The number of esters is 1. The molecule has 8 nitrogen and oxygen atoms in total. The van der Waals surface area contributed by atoms with Crippen molar-refractivity contribution in [2.45, 2.75) is 264 Å². The summed E-state index contributed by atoms with van der Waals surface area (Å²) in [7, 11) is 1.33. The van der Waals surface area contributed by atoms with Gasteiger partial charge in [-0.2, -0.15) is 0 Å². The van der Waals surface area contributed by atoms with Crippen LogP contribution < -0.4 is 4.89 Å². The lowest BCUT2D eigenvalue weighted by molar-refractivity contribution is -0.870. The molecule has 0 radical (unpaired) electrons. The van der Waals surface area contributed by atoms with Crippen LogP contribution in [0.25, 0.3) is 0 Å². The first kappa shape index (κ1) is 70.7. The maximum Gasteiger partial charge on any atom is 0.306 e. The molecule has 0 spiro atoms. The van der Waals surface area contributed by atoms with E-state index < -0.39 is 13.9 Å². The molecule has 9 heteroatoms. The summed E-state index contributed by atoms with van der Waals surface area (Å²) in [6.07, 6.45) is 76.4. The molecular formula is C64H116NO7P. The zero-order valence-corrected chi connectivity index (χ0v) is 49.2. The van der Waals surface area contributed by atoms with Crippen LogP contribution in [0.1, 0.15) is 258 Å². The zero-order chi connectivity index (χ0) is 53.3. The van der Waals surface area contributed by atoms with E-state index >= 15 is 0 Å². The van der Waals surface area contributed by atoms with Crippen LogP contribution >= 0.6 is 7.82 Å². The summed E-state index contributed by atoms with van der Waals surface area (Å²) < 4.78 is 34.9. The van der Waals surface area contributed by atoms with E-state index in [4.69, 9.17) is 18.5 Å². The van der Waals surface area contributed by atoms with Crippen molar-refractivity contribution in [1.29, 1.82) is 0 Å². The van der Waals surface area contributed by atoms with Gasteiger partial charge in [-0.1, -0.05) is 266 Å². The van der Waals surface area contributed by atoms with Crippen molar-refractivity contribution in [2.24, 2.45) is 0 Å². The number of hydrogen-bond acceptors (Lipinski definition) is 7. The zero-order valence-electron chi connectivity index (χ0n) is 48.3. The van der Waals surface area contributed by atoms with E-state index in [1.165, 1.54) is 154 Å². The van der Waals surface area contributed by atoms with Crippen LogP contribution in [-0.4, -0.2) is 70.7 Å². The van der Waals surface area contributed by atoms with Gasteiger partial charge in [-0.05, 0) is 70.6 Å². The number of phosphoric ester groups is 1. The highest BCUT2D eigenvalue weighted by Gasteiger charge is 2.20. The van der Waals surface area contributed by atoms with Crippen LogP contribution in [0.3, 0.4) is 0 Å². The summed E-state index contributed by atoms with van der Waals surface area (Å²) in [4.78, 5) is 25.3. The smallest absolute Gasteiger partial charge is 0.306 e. The van der Waals surface area contributed by atoms with Crippen LogP contribution in [0.15, 0.2) is 85.1 Å². The van der Waals surface area contributed by atoms with E-state index in [9.17, 15) is 14.3 Å². The van der Waals surface area contributed by atoms with Crippen LogP contribution in [0.4, 0.5) is 0 Å². The van der Waals surface area contributed by atoms with Crippen LogP contribution in [0.5, 0.6) is 0 Å².